The molecule has 0 radical (unpaired) electrons. The van der Waals surface area contributed by atoms with E-state index >= 15 is 0 Å². The molecule has 0 bridgehead atoms. The van der Waals surface area contributed by atoms with Gasteiger partial charge < -0.3 is 10.1 Å². The van der Waals surface area contributed by atoms with E-state index in [4.69, 9.17) is 4.74 Å². The molecule has 4 nitrogen and oxygen atoms in total. The van der Waals surface area contributed by atoms with Crippen LogP contribution in [0.2, 0.25) is 0 Å². The normalized spacial score (nSPS) is 11.3. The largest absolute Gasteiger partial charge is 0.462 e. The Bertz CT molecular complexity index is 973. The van der Waals surface area contributed by atoms with Crippen LogP contribution in [-0.4, -0.2) is 18.4 Å². The first-order chi connectivity index (χ1) is 13.2. The first-order valence-electron chi connectivity index (χ1n) is 7.95. The number of hydrogen-bond donors (Lipinski definition) is 1. The monoisotopic (exact) mass is 399 g/mol. The topological polar surface area (TPSA) is 55.4 Å². The van der Waals surface area contributed by atoms with Gasteiger partial charge in [-0.2, -0.15) is 0 Å². The Labute approximate surface area is 156 Å². The maximum atomic E-state index is 14.1. The van der Waals surface area contributed by atoms with Gasteiger partial charge in [0.2, 0.25) is 5.78 Å². The van der Waals surface area contributed by atoms with Gasteiger partial charge in [0.25, 0.3) is 0 Å². The van der Waals surface area contributed by atoms with Crippen molar-refractivity contribution >= 4 is 17.4 Å². The number of benzene rings is 2. The van der Waals surface area contributed by atoms with Gasteiger partial charge in [-0.15, -0.1) is 0 Å². The molecule has 0 spiro atoms. The third kappa shape index (κ3) is 4.36. The molecule has 0 unspecified atom stereocenters. The third-order valence-electron chi connectivity index (χ3n) is 3.68. The zero-order valence-corrected chi connectivity index (χ0v) is 14.7. The molecule has 0 saturated carbocycles. The highest BCUT2D eigenvalue weighted by Crippen LogP contribution is 2.24. The molecule has 2 rings (SSSR count). The van der Waals surface area contributed by atoms with Crippen molar-refractivity contribution in [3.8, 4) is 0 Å². The Hall–Kier alpha value is -3.23. The molecule has 0 aliphatic heterocycles. The zero-order valence-electron chi connectivity index (χ0n) is 14.7. The van der Waals surface area contributed by atoms with Crippen molar-refractivity contribution in [2.75, 3.05) is 11.9 Å². The molecule has 1 N–H and O–H groups in total. The number of carbonyl (C=O) groups excluding carboxylic acids is 2. The summed E-state index contributed by atoms with van der Waals surface area (Å²) in [5.74, 6) is -8.72. The molecule has 0 fully saturated rings. The lowest BCUT2D eigenvalue weighted by molar-refractivity contribution is -0.138. The molecule has 2 aromatic rings. The third-order valence-corrected chi connectivity index (χ3v) is 3.68. The van der Waals surface area contributed by atoms with Gasteiger partial charge in [-0.3, -0.25) is 4.79 Å². The van der Waals surface area contributed by atoms with E-state index in [1.807, 2.05) is 0 Å². The molecule has 148 valence electrons. The Balaban J connectivity index is 2.50. The van der Waals surface area contributed by atoms with E-state index in [9.17, 15) is 31.5 Å². The first kappa shape index (κ1) is 21.1. The van der Waals surface area contributed by atoms with Gasteiger partial charge >= 0.3 is 5.97 Å². The summed E-state index contributed by atoms with van der Waals surface area (Å²) in [6.07, 6.45) is 0.719. The maximum Gasteiger partial charge on any atom is 0.343 e. The van der Waals surface area contributed by atoms with E-state index in [1.165, 1.54) is 6.92 Å². The lowest BCUT2D eigenvalue weighted by Gasteiger charge is -2.11. The standard InChI is InChI=1S/C19H14F5NO3/c1-3-28-19(27)11(8-25-15-5-4-10(20)6-12(15)21)18(26)16-9(2)17(24)14(23)7-13(16)22/h4-8,25H,3H2,1-2H3. The summed E-state index contributed by atoms with van der Waals surface area (Å²) < 4.78 is 72.5. The smallest absolute Gasteiger partial charge is 0.343 e. The van der Waals surface area contributed by atoms with Gasteiger partial charge in [-0.25, -0.2) is 26.7 Å². The molecule has 2 aromatic carbocycles. The van der Waals surface area contributed by atoms with Crippen LogP contribution in [0.3, 0.4) is 0 Å². The van der Waals surface area contributed by atoms with Crippen molar-refractivity contribution in [2.24, 2.45) is 0 Å². The lowest BCUT2D eigenvalue weighted by Crippen LogP contribution is -2.20. The van der Waals surface area contributed by atoms with Gasteiger partial charge in [0.15, 0.2) is 11.6 Å². The number of esters is 1. The fourth-order valence-corrected chi connectivity index (χ4v) is 2.31. The Kier molecular flexibility index (Phi) is 6.50. The highest BCUT2D eigenvalue weighted by Gasteiger charge is 2.28. The predicted octanol–water partition coefficient (Wildman–Crippen LogP) is 4.43. The summed E-state index contributed by atoms with van der Waals surface area (Å²) in [6, 6.07) is 2.65. The predicted molar refractivity (Wildman–Crippen MR) is 90.1 cm³/mol. The van der Waals surface area contributed by atoms with Gasteiger partial charge in [0.1, 0.15) is 23.0 Å². The summed E-state index contributed by atoms with van der Waals surface area (Å²) in [4.78, 5) is 24.7. The molecule has 9 heteroatoms. The molecule has 28 heavy (non-hydrogen) atoms. The number of ether oxygens (including phenoxy) is 1. The second-order valence-electron chi connectivity index (χ2n) is 5.53. The number of nitrogens with one attached hydrogen (secondary N) is 1. The van der Waals surface area contributed by atoms with E-state index in [0.717, 1.165) is 25.3 Å². The molecule has 0 aliphatic rings. The SMILES string of the molecule is CCOC(=O)C(=CNc1ccc(F)cc1F)C(=O)c1c(F)cc(F)c(F)c1C. The minimum Gasteiger partial charge on any atom is -0.462 e. The van der Waals surface area contributed by atoms with Crippen molar-refractivity contribution in [1.29, 1.82) is 0 Å². The molecule has 0 aromatic heterocycles. The van der Waals surface area contributed by atoms with Crippen molar-refractivity contribution in [2.45, 2.75) is 13.8 Å². The molecule has 0 atom stereocenters. The van der Waals surface area contributed by atoms with Crippen molar-refractivity contribution in [3.05, 3.63) is 76.3 Å². The van der Waals surface area contributed by atoms with Crippen molar-refractivity contribution < 1.29 is 36.3 Å². The second-order valence-corrected chi connectivity index (χ2v) is 5.53. The van der Waals surface area contributed by atoms with Crippen LogP contribution < -0.4 is 5.32 Å². The van der Waals surface area contributed by atoms with Crippen LogP contribution in [0.25, 0.3) is 0 Å². The van der Waals surface area contributed by atoms with Crippen LogP contribution in [0.1, 0.15) is 22.8 Å². The number of halogens is 5. The van der Waals surface area contributed by atoms with Gasteiger partial charge in [-0.1, -0.05) is 0 Å². The molecular weight excluding hydrogens is 385 g/mol. The second kappa shape index (κ2) is 8.64. The minimum atomic E-state index is -1.50. The van der Waals surface area contributed by atoms with Crippen LogP contribution in [0.4, 0.5) is 27.6 Å². The lowest BCUT2D eigenvalue weighted by atomic mass is 9.98. The Morgan fingerprint density at radius 2 is 1.71 bits per heavy atom. The molecule has 0 amide bonds. The fourth-order valence-electron chi connectivity index (χ4n) is 2.31. The number of carbonyl (C=O) groups is 2. The van der Waals surface area contributed by atoms with E-state index in [2.05, 4.69) is 5.32 Å². The molecular formula is C19H14F5NO3. The van der Waals surface area contributed by atoms with Crippen molar-refractivity contribution in [3.63, 3.8) is 0 Å². The van der Waals surface area contributed by atoms with Gasteiger partial charge in [-0.05, 0) is 26.0 Å². The maximum absolute atomic E-state index is 14.1. The summed E-state index contributed by atoms with van der Waals surface area (Å²) in [7, 11) is 0. The fraction of sp³-hybridized carbons (Fsp3) is 0.158. The average molecular weight is 399 g/mol. The van der Waals surface area contributed by atoms with Crippen LogP contribution in [0.15, 0.2) is 36.0 Å². The quantitative estimate of drug-likeness (QED) is 0.149. The highest BCUT2D eigenvalue weighted by molar-refractivity contribution is 6.24. The van der Waals surface area contributed by atoms with Gasteiger partial charge in [0.05, 0.1) is 17.9 Å². The average Bonchev–Trinajstić information content (AvgIpc) is 2.62. The van der Waals surface area contributed by atoms with Crippen molar-refractivity contribution in [1.82, 2.24) is 0 Å². The highest BCUT2D eigenvalue weighted by atomic mass is 19.2. The van der Waals surface area contributed by atoms with E-state index in [0.29, 0.717) is 6.07 Å². The van der Waals surface area contributed by atoms with E-state index in [1.54, 1.807) is 0 Å². The minimum absolute atomic E-state index is 0.145. The van der Waals surface area contributed by atoms with E-state index in [-0.39, 0.29) is 18.4 Å². The number of anilines is 1. The number of Topliss-reactive ketones (excluding diaryl/α,β-unsaturated/α-hetero) is 1. The molecule has 0 heterocycles. The van der Waals surface area contributed by atoms with Crippen LogP contribution in [0, 0.1) is 36.0 Å². The summed E-state index contributed by atoms with van der Waals surface area (Å²) >= 11 is 0. The van der Waals surface area contributed by atoms with E-state index < -0.39 is 57.5 Å². The first-order valence-corrected chi connectivity index (χ1v) is 7.95. The Morgan fingerprint density at radius 3 is 2.32 bits per heavy atom. The summed E-state index contributed by atoms with van der Waals surface area (Å²) in [6.45, 7) is 2.26. The number of ketones is 1. The number of hydrogen-bond acceptors (Lipinski definition) is 4. The van der Waals surface area contributed by atoms with Crippen LogP contribution in [0.5, 0.6) is 0 Å². The zero-order chi connectivity index (χ0) is 21.0. The summed E-state index contributed by atoms with van der Waals surface area (Å²) in [5, 5.41) is 2.28. The molecule has 0 saturated heterocycles. The molecule has 0 aliphatic carbocycles. The summed E-state index contributed by atoms with van der Waals surface area (Å²) in [5.41, 5.74) is -2.61. The number of rotatable bonds is 6. The Morgan fingerprint density at radius 1 is 1.04 bits per heavy atom. The van der Waals surface area contributed by atoms with Gasteiger partial charge in [0, 0.05) is 23.9 Å². The van der Waals surface area contributed by atoms with Crippen LogP contribution in [-0.2, 0) is 9.53 Å². The van der Waals surface area contributed by atoms with Crippen LogP contribution >= 0.6 is 0 Å².